The van der Waals surface area contributed by atoms with Gasteiger partial charge in [-0.25, -0.2) is 0 Å². The van der Waals surface area contributed by atoms with Crippen molar-refractivity contribution in [2.24, 2.45) is 0 Å². The lowest BCUT2D eigenvalue weighted by Crippen LogP contribution is -2.87. The molecule has 0 heterocycles. The molecule has 29 heavy (non-hydrogen) atoms. The van der Waals surface area contributed by atoms with E-state index in [9.17, 15) is 4.79 Å². The summed E-state index contributed by atoms with van der Waals surface area (Å²) >= 11 is 5.94. The lowest BCUT2D eigenvalue weighted by Gasteiger charge is -2.18. The van der Waals surface area contributed by atoms with Crippen molar-refractivity contribution in [1.82, 2.24) is 5.32 Å². The molecule has 150 valence electrons. The van der Waals surface area contributed by atoms with Gasteiger partial charge in [0.05, 0.1) is 13.2 Å². The highest BCUT2D eigenvalue weighted by atomic mass is 35.5. The molecule has 0 spiro atoms. The third kappa shape index (κ3) is 5.83. The van der Waals surface area contributed by atoms with E-state index >= 15 is 0 Å². The summed E-state index contributed by atoms with van der Waals surface area (Å²) in [5, 5.41) is 5.80. The smallest absolute Gasteiger partial charge is 0.275 e. The van der Waals surface area contributed by atoms with Gasteiger partial charge in [-0.3, -0.25) is 4.79 Å². The Morgan fingerprint density at radius 3 is 2.14 bits per heavy atom. The quantitative estimate of drug-likeness (QED) is 0.593. The number of halogens is 1. The zero-order chi connectivity index (χ0) is 20.6. The van der Waals surface area contributed by atoms with Crippen LogP contribution in [-0.4, -0.2) is 19.6 Å². The minimum atomic E-state index is -0.0793. The highest BCUT2D eigenvalue weighted by Crippen LogP contribution is 2.21. The number of benzene rings is 3. The molecule has 0 aromatic heterocycles. The molecule has 3 rings (SSSR count). The Morgan fingerprint density at radius 1 is 0.931 bits per heavy atom. The molecule has 0 saturated carbocycles. The normalized spacial score (nSPS) is 12.8. The molecule has 3 aromatic carbocycles. The van der Waals surface area contributed by atoms with Gasteiger partial charge in [-0.2, -0.15) is 0 Å². The van der Waals surface area contributed by atoms with E-state index < -0.39 is 0 Å². The predicted molar refractivity (Wildman–Crippen MR) is 116 cm³/mol. The zero-order valence-electron chi connectivity index (χ0n) is 16.6. The van der Waals surface area contributed by atoms with Crippen LogP contribution in [0.3, 0.4) is 0 Å². The van der Waals surface area contributed by atoms with Crippen LogP contribution in [0.1, 0.15) is 35.7 Å². The van der Waals surface area contributed by atoms with Gasteiger partial charge in [-0.1, -0.05) is 54.1 Å². The molecule has 0 aliphatic carbocycles. The van der Waals surface area contributed by atoms with Crippen LogP contribution in [0.4, 0.5) is 0 Å². The van der Waals surface area contributed by atoms with Gasteiger partial charge in [-0.05, 0) is 48.9 Å². The van der Waals surface area contributed by atoms with Crippen molar-refractivity contribution < 1.29 is 14.8 Å². The number of ether oxygens (including phenoxy) is 1. The Hall–Kier alpha value is -2.82. The van der Waals surface area contributed by atoms with Crippen molar-refractivity contribution in [2.75, 3.05) is 13.7 Å². The van der Waals surface area contributed by atoms with Crippen LogP contribution in [0.2, 0.25) is 5.02 Å². The summed E-state index contributed by atoms with van der Waals surface area (Å²) in [4.78, 5) is 12.6. The fourth-order valence-corrected chi connectivity index (χ4v) is 3.42. The summed E-state index contributed by atoms with van der Waals surface area (Å²) in [6, 6.07) is 25.7. The first-order valence-electron chi connectivity index (χ1n) is 9.64. The topological polar surface area (TPSA) is 54.9 Å². The second-order valence-corrected chi connectivity index (χ2v) is 7.38. The number of amides is 1. The number of hydrogen-bond donors (Lipinski definition) is 2. The second kappa shape index (κ2) is 10.1. The number of methoxy groups -OCH3 is 1. The highest BCUT2D eigenvalue weighted by molar-refractivity contribution is 6.30. The fourth-order valence-electron chi connectivity index (χ4n) is 3.30. The van der Waals surface area contributed by atoms with Gasteiger partial charge in [0.15, 0.2) is 6.54 Å². The van der Waals surface area contributed by atoms with Crippen LogP contribution in [0.15, 0.2) is 78.9 Å². The van der Waals surface area contributed by atoms with Crippen molar-refractivity contribution in [1.29, 1.82) is 0 Å². The predicted octanol–water partition coefficient (Wildman–Crippen LogP) is 3.88. The number of nitrogens with two attached hydrogens (primary N) is 1. The Balaban J connectivity index is 1.67. The molecule has 1 amide bonds. The molecule has 0 fully saturated rings. The molecular formula is C24H26ClN2O2+. The van der Waals surface area contributed by atoms with E-state index in [0.29, 0.717) is 11.6 Å². The average Bonchev–Trinajstić information content (AvgIpc) is 2.75. The van der Waals surface area contributed by atoms with Crippen LogP contribution < -0.4 is 15.4 Å². The molecule has 0 radical (unpaired) electrons. The standard InChI is InChI=1S/C24H25ClN2O2/c1-17(18-8-12-21(25)13-9-18)27-23(28)16-26-24(19-6-4-3-5-7-19)20-10-14-22(29-2)15-11-20/h3-15,17,24,26H,16H2,1-2H3,(H,27,28)/p+1/t17-,24+/m1/s1. The van der Waals surface area contributed by atoms with Crippen molar-refractivity contribution in [3.8, 4) is 5.75 Å². The van der Waals surface area contributed by atoms with Crippen molar-refractivity contribution in [3.63, 3.8) is 0 Å². The van der Waals surface area contributed by atoms with E-state index in [1.165, 1.54) is 0 Å². The average molecular weight is 410 g/mol. The van der Waals surface area contributed by atoms with E-state index in [2.05, 4.69) is 22.8 Å². The number of quaternary nitrogens is 1. The Bertz CT molecular complexity index is 912. The van der Waals surface area contributed by atoms with Crippen molar-refractivity contribution >= 4 is 17.5 Å². The molecule has 4 nitrogen and oxygen atoms in total. The first-order chi connectivity index (χ1) is 14.1. The van der Waals surface area contributed by atoms with E-state index in [0.717, 1.165) is 22.4 Å². The molecular weight excluding hydrogens is 384 g/mol. The molecule has 5 heteroatoms. The number of rotatable bonds is 8. The Labute approximate surface area is 176 Å². The molecule has 0 saturated heterocycles. The molecule has 0 unspecified atom stereocenters. The minimum absolute atomic E-state index is 0.0121. The van der Waals surface area contributed by atoms with E-state index in [-0.39, 0.29) is 18.0 Å². The van der Waals surface area contributed by atoms with Gasteiger partial charge in [-0.15, -0.1) is 0 Å². The Kier molecular flexibility index (Phi) is 7.28. The van der Waals surface area contributed by atoms with Gasteiger partial charge >= 0.3 is 0 Å². The van der Waals surface area contributed by atoms with Crippen LogP contribution in [0.5, 0.6) is 5.75 Å². The maximum Gasteiger partial charge on any atom is 0.275 e. The zero-order valence-corrected chi connectivity index (χ0v) is 17.4. The SMILES string of the molecule is COc1ccc([C@@H]([NH2+]CC(=O)N[C@H](C)c2ccc(Cl)cc2)c2ccccc2)cc1. The third-order valence-electron chi connectivity index (χ3n) is 4.92. The maximum atomic E-state index is 12.6. The lowest BCUT2D eigenvalue weighted by molar-refractivity contribution is -0.676. The summed E-state index contributed by atoms with van der Waals surface area (Å²) < 4.78 is 5.26. The van der Waals surface area contributed by atoms with Gasteiger partial charge in [0.1, 0.15) is 11.8 Å². The second-order valence-electron chi connectivity index (χ2n) is 6.94. The van der Waals surface area contributed by atoms with E-state index in [4.69, 9.17) is 16.3 Å². The molecule has 2 atom stereocenters. The summed E-state index contributed by atoms with van der Waals surface area (Å²) in [6.45, 7) is 2.29. The molecule has 3 aromatic rings. The fraction of sp³-hybridized carbons (Fsp3) is 0.208. The molecule has 3 N–H and O–H groups in total. The monoisotopic (exact) mass is 409 g/mol. The number of hydrogen-bond acceptors (Lipinski definition) is 2. The Morgan fingerprint density at radius 2 is 1.52 bits per heavy atom. The highest BCUT2D eigenvalue weighted by Gasteiger charge is 2.20. The van der Waals surface area contributed by atoms with Crippen molar-refractivity contribution in [3.05, 3.63) is 101 Å². The summed E-state index contributed by atoms with van der Waals surface area (Å²) in [6.07, 6.45) is 0. The molecule has 0 aliphatic rings. The first kappa shape index (κ1) is 20.9. The molecule has 0 aliphatic heterocycles. The molecule has 0 bridgehead atoms. The van der Waals surface area contributed by atoms with E-state index in [1.807, 2.05) is 73.7 Å². The van der Waals surface area contributed by atoms with Crippen LogP contribution in [-0.2, 0) is 4.79 Å². The lowest BCUT2D eigenvalue weighted by atomic mass is 9.98. The first-order valence-corrected chi connectivity index (χ1v) is 10.0. The summed E-state index contributed by atoms with van der Waals surface area (Å²) in [5.41, 5.74) is 3.30. The van der Waals surface area contributed by atoms with Crippen LogP contribution in [0, 0.1) is 0 Å². The van der Waals surface area contributed by atoms with Gasteiger partial charge in [0.2, 0.25) is 0 Å². The van der Waals surface area contributed by atoms with Gasteiger partial charge in [0.25, 0.3) is 5.91 Å². The number of carbonyl (C=O) groups is 1. The van der Waals surface area contributed by atoms with Crippen LogP contribution >= 0.6 is 11.6 Å². The minimum Gasteiger partial charge on any atom is -0.497 e. The van der Waals surface area contributed by atoms with Crippen LogP contribution in [0.25, 0.3) is 0 Å². The largest absolute Gasteiger partial charge is 0.497 e. The summed E-state index contributed by atoms with van der Waals surface area (Å²) in [5.74, 6) is 0.803. The number of carbonyl (C=O) groups excluding carboxylic acids is 1. The van der Waals surface area contributed by atoms with Gasteiger partial charge < -0.3 is 15.4 Å². The maximum absolute atomic E-state index is 12.6. The summed E-state index contributed by atoms with van der Waals surface area (Å²) in [7, 11) is 1.65. The third-order valence-corrected chi connectivity index (χ3v) is 5.17. The van der Waals surface area contributed by atoms with E-state index in [1.54, 1.807) is 7.11 Å². The number of nitrogens with one attached hydrogen (secondary N) is 1. The van der Waals surface area contributed by atoms with Crippen molar-refractivity contribution in [2.45, 2.75) is 19.0 Å². The van der Waals surface area contributed by atoms with Gasteiger partial charge in [0, 0.05) is 16.1 Å².